The summed E-state index contributed by atoms with van der Waals surface area (Å²) in [6.45, 7) is 13.3. The quantitative estimate of drug-likeness (QED) is 0.0793. The largest absolute Gasteiger partial charge is 0.466 e. The number of aryl methyl sites for hydroxylation is 2. The second-order valence-electron chi connectivity index (χ2n) is 14.5. The number of rotatable bonds is 21. The molecule has 0 saturated carbocycles. The molecule has 4 nitrogen and oxygen atoms in total. The van der Waals surface area contributed by atoms with E-state index in [1.807, 2.05) is 12.1 Å². The predicted molar refractivity (Wildman–Crippen MR) is 187 cm³/mol. The molecule has 2 aromatic carbocycles. The van der Waals surface area contributed by atoms with Gasteiger partial charge in [-0.2, -0.15) is 0 Å². The zero-order valence-corrected chi connectivity index (χ0v) is 29.5. The molecule has 0 fully saturated rings. The summed E-state index contributed by atoms with van der Waals surface area (Å²) in [7, 11) is 0. The van der Waals surface area contributed by atoms with E-state index in [4.69, 9.17) is 9.47 Å². The maximum atomic E-state index is 13.2. The number of hydrogen-bond donors (Lipinski definition) is 0. The lowest BCUT2D eigenvalue weighted by atomic mass is 9.80. The molecule has 1 atom stereocenters. The normalized spacial score (nSPS) is 14.4. The molecular weight excluding hydrogens is 556 g/mol. The van der Waals surface area contributed by atoms with E-state index < -0.39 is 5.92 Å². The monoisotopic (exact) mass is 618 g/mol. The van der Waals surface area contributed by atoms with Crippen molar-refractivity contribution in [2.24, 2.45) is 0 Å². The molecule has 0 bridgehead atoms. The van der Waals surface area contributed by atoms with Gasteiger partial charge in [-0.05, 0) is 54.4 Å². The molecule has 250 valence electrons. The van der Waals surface area contributed by atoms with Crippen LogP contribution in [0.1, 0.15) is 176 Å². The van der Waals surface area contributed by atoms with Gasteiger partial charge in [-0.1, -0.05) is 154 Å². The SMILES string of the molecule is CCCCCCCCCCCCCCCCCCOC(=O)CCc1cc2c(c(C(C)(C)C)c1)OC(=O)C2c1cccc(C)c1C. The number of fused-ring (bicyclic) bond motifs is 1. The van der Waals surface area contributed by atoms with Crippen molar-refractivity contribution in [3.63, 3.8) is 0 Å². The minimum atomic E-state index is -0.442. The first-order valence-electron chi connectivity index (χ1n) is 18.2. The van der Waals surface area contributed by atoms with E-state index in [-0.39, 0.29) is 17.4 Å². The van der Waals surface area contributed by atoms with E-state index in [0.717, 1.165) is 46.2 Å². The Morgan fingerprint density at radius 3 is 1.89 bits per heavy atom. The van der Waals surface area contributed by atoms with Gasteiger partial charge in [-0.25, -0.2) is 0 Å². The Balaban J connectivity index is 1.35. The number of ether oxygens (including phenoxy) is 2. The molecular formula is C41H62O4. The van der Waals surface area contributed by atoms with Crippen molar-refractivity contribution in [2.75, 3.05) is 6.61 Å². The van der Waals surface area contributed by atoms with Gasteiger partial charge in [0.25, 0.3) is 0 Å². The van der Waals surface area contributed by atoms with Crippen LogP contribution in [-0.2, 0) is 26.2 Å². The fourth-order valence-electron chi connectivity index (χ4n) is 6.57. The summed E-state index contributed by atoms with van der Waals surface area (Å²) in [5.41, 5.74) is 6.04. The van der Waals surface area contributed by atoms with Gasteiger partial charge in [-0.15, -0.1) is 0 Å². The number of unbranched alkanes of at least 4 members (excludes halogenated alkanes) is 15. The molecule has 0 aromatic heterocycles. The molecule has 0 amide bonds. The van der Waals surface area contributed by atoms with E-state index in [0.29, 0.717) is 25.2 Å². The Morgan fingerprint density at radius 1 is 0.778 bits per heavy atom. The van der Waals surface area contributed by atoms with Crippen LogP contribution in [-0.4, -0.2) is 18.5 Å². The van der Waals surface area contributed by atoms with Crippen LogP contribution in [0, 0.1) is 13.8 Å². The number of carbonyl (C=O) groups excluding carboxylic acids is 2. The molecule has 0 radical (unpaired) electrons. The minimum Gasteiger partial charge on any atom is -0.466 e. The van der Waals surface area contributed by atoms with Crippen LogP contribution in [0.4, 0.5) is 0 Å². The lowest BCUT2D eigenvalue weighted by Crippen LogP contribution is -2.14. The third-order valence-electron chi connectivity index (χ3n) is 9.57. The van der Waals surface area contributed by atoms with Gasteiger partial charge in [0.2, 0.25) is 0 Å². The van der Waals surface area contributed by atoms with E-state index in [2.05, 4.69) is 59.7 Å². The second kappa shape index (κ2) is 19.1. The zero-order valence-electron chi connectivity index (χ0n) is 29.5. The highest BCUT2D eigenvalue weighted by Crippen LogP contribution is 2.46. The average Bonchev–Trinajstić information content (AvgIpc) is 3.33. The summed E-state index contributed by atoms with van der Waals surface area (Å²) in [6, 6.07) is 10.3. The fourth-order valence-corrected chi connectivity index (χ4v) is 6.57. The van der Waals surface area contributed by atoms with Crippen molar-refractivity contribution in [1.29, 1.82) is 0 Å². The topological polar surface area (TPSA) is 52.6 Å². The van der Waals surface area contributed by atoms with Crippen LogP contribution < -0.4 is 4.74 Å². The molecule has 1 aliphatic heterocycles. The summed E-state index contributed by atoms with van der Waals surface area (Å²) < 4.78 is 11.5. The summed E-state index contributed by atoms with van der Waals surface area (Å²) in [5.74, 6) is -0.122. The first-order valence-corrected chi connectivity index (χ1v) is 18.2. The summed E-state index contributed by atoms with van der Waals surface area (Å²) in [6.07, 6.45) is 22.2. The molecule has 0 N–H and O–H groups in total. The average molecular weight is 619 g/mol. The van der Waals surface area contributed by atoms with Crippen molar-refractivity contribution in [3.8, 4) is 5.75 Å². The fraction of sp³-hybridized carbons (Fsp3) is 0.659. The van der Waals surface area contributed by atoms with Gasteiger partial charge in [0, 0.05) is 17.5 Å². The van der Waals surface area contributed by atoms with Crippen LogP contribution in [0.2, 0.25) is 0 Å². The third-order valence-corrected chi connectivity index (χ3v) is 9.57. The lowest BCUT2D eigenvalue weighted by Gasteiger charge is -2.23. The van der Waals surface area contributed by atoms with E-state index in [1.165, 1.54) is 89.9 Å². The maximum absolute atomic E-state index is 13.2. The van der Waals surface area contributed by atoms with Crippen LogP contribution >= 0.6 is 0 Å². The highest BCUT2D eigenvalue weighted by Gasteiger charge is 2.39. The molecule has 0 saturated heterocycles. The number of carbonyl (C=O) groups is 2. The molecule has 4 heteroatoms. The van der Waals surface area contributed by atoms with Crippen LogP contribution in [0.15, 0.2) is 30.3 Å². The standard InChI is InChI=1S/C41H62O4/c1-7-8-9-10-11-12-13-14-15-16-17-18-19-20-21-22-28-44-37(42)27-26-33-29-35-38(34-25-23-24-31(2)32(34)3)40(43)45-39(35)36(30-33)41(4,5)6/h23-25,29-30,38H,7-22,26-28H2,1-6H3. The summed E-state index contributed by atoms with van der Waals surface area (Å²) >= 11 is 0. The lowest BCUT2D eigenvalue weighted by molar-refractivity contribution is -0.143. The molecule has 3 rings (SSSR count). The zero-order chi connectivity index (χ0) is 32.7. The van der Waals surface area contributed by atoms with Crippen molar-refractivity contribution < 1.29 is 19.1 Å². The first kappa shape index (κ1) is 36.8. The maximum Gasteiger partial charge on any atom is 0.323 e. The second-order valence-corrected chi connectivity index (χ2v) is 14.5. The van der Waals surface area contributed by atoms with Crippen LogP contribution in [0.3, 0.4) is 0 Å². The van der Waals surface area contributed by atoms with Gasteiger partial charge in [-0.3, -0.25) is 9.59 Å². The first-order chi connectivity index (χ1) is 21.6. The Kier molecular flexibility index (Phi) is 15.7. The summed E-state index contributed by atoms with van der Waals surface area (Å²) in [4.78, 5) is 25.8. The predicted octanol–water partition coefficient (Wildman–Crippen LogP) is 11.4. The third kappa shape index (κ3) is 11.9. The van der Waals surface area contributed by atoms with Crippen LogP contribution in [0.5, 0.6) is 5.75 Å². The number of benzene rings is 2. The highest BCUT2D eigenvalue weighted by molar-refractivity contribution is 5.91. The highest BCUT2D eigenvalue weighted by atomic mass is 16.5. The Bertz CT molecular complexity index is 1200. The molecule has 1 aliphatic rings. The molecule has 45 heavy (non-hydrogen) atoms. The van der Waals surface area contributed by atoms with E-state index in [9.17, 15) is 9.59 Å². The van der Waals surface area contributed by atoms with Crippen molar-refractivity contribution in [2.45, 2.75) is 168 Å². The van der Waals surface area contributed by atoms with Gasteiger partial charge in [0.1, 0.15) is 11.7 Å². The Morgan fingerprint density at radius 2 is 1.33 bits per heavy atom. The Hall–Kier alpha value is -2.62. The van der Waals surface area contributed by atoms with E-state index >= 15 is 0 Å². The molecule has 0 aliphatic carbocycles. The van der Waals surface area contributed by atoms with Crippen molar-refractivity contribution in [3.05, 3.63) is 63.7 Å². The van der Waals surface area contributed by atoms with Gasteiger partial charge < -0.3 is 9.47 Å². The number of hydrogen-bond acceptors (Lipinski definition) is 4. The van der Waals surface area contributed by atoms with Gasteiger partial charge in [0.05, 0.1) is 6.61 Å². The molecule has 1 unspecified atom stereocenters. The van der Waals surface area contributed by atoms with Crippen molar-refractivity contribution >= 4 is 11.9 Å². The molecule has 1 heterocycles. The minimum absolute atomic E-state index is 0.146. The number of esters is 2. The molecule has 2 aromatic rings. The Labute approximate surface area is 275 Å². The van der Waals surface area contributed by atoms with Crippen molar-refractivity contribution in [1.82, 2.24) is 0 Å². The summed E-state index contributed by atoms with van der Waals surface area (Å²) in [5, 5.41) is 0. The van der Waals surface area contributed by atoms with Gasteiger partial charge >= 0.3 is 11.9 Å². The smallest absolute Gasteiger partial charge is 0.323 e. The molecule has 0 spiro atoms. The van der Waals surface area contributed by atoms with Crippen LogP contribution in [0.25, 0.3) is 0 Å². The van der Waals surface area contributed by atoms with E-state index in [1.54, 1.807) is 0 Å². The van der Waals surface area contributed by atoms with Gasteiger partial charge in [0.15, 0.2) is 0 Å².